The van der Waals surface area contributed by atoms with Crippen molar-refractivity contribution >= 4 is 0 Å². The molecule has 0 aromatic heterocycles. The van der Waals surface area contributed by atoms with Crippen molar-refractivity contribution in [3.8, 4) is 5.75 Å². The Morgan fingerprint density at radius 1 is 1.00 bits per heavy atom. The largest absolute Gasteiger partial charge is 0.489 e. The zero-order valence-electron chi connectivity index (χ0n) is 12.1. The lowest BCUT2D eigenvalue weighted by Gasteiger charge is -2.15. The molecule has 112 valence electrons. The van der Waals surface area contributed by atoms with Gasteiger partial charge in [0, 0.05) is 13.1 Å². The number of hydrogen-bond donors (Lipinski definition) is 1. The molecule has 0 heterocycles. The van der Waals surface area contributed by atoms with Crippen molar-refractivity contribution in [1.29, 1.82) is 0 Å². The molecule has 2 aromatic rings. The van der Waals surface area contributed by atoms with E-state index in [0.29, 0.717) is 13.2 Å². The summed E-state index contributed by atoms with van der Waals surface area (Å²) in [5.74, 6) is 0.544. The number of hydrogen-bond acceptors (Lipinski definition) is 3. The average Bonchev–Trinajstić information content (AvgIpc) is 2.48. The first-order chi connectivity index (χ1) is 10.2. The highest BCUT2D eigenvalue weighted by molar-refractivity contribution is 5.27. The van der Waals surface area contributed by atoms with Crippen LogP contribution in [0.2, 0.25) is 0 Å². The monoisotopic (exact) mass is 289 g/mol. The minimum atomic E-state index is -0.241. The van der Waals surface area contributed by atoms with Gasteiger partial charge in [0.05, 0.1) is 6.61 Å². The normalized spacial score (nSPS) is 10.9. The van der Waals surface area contributed by atoms with Crippen LogP contribution in [0, 0.1) is 5.82 Å². The Bertz CT molecular complexity index is 540. The van der Waals surface area contributed by atoms with Crippen LogP contribution >= 0.6 is 0 Å². The quantitative estimate of drug-likeness (QED) is 0.851. The van der Waals surface area contributed by atoms with Gasteiger partial charge in [-0.2, -0.15) is 0 Å². The topological polar surface area (TPSA) is 32.7 Å². The van der Waals surface area contributed by atoms with Crippen LogP contribution in [0.5, 0.6) is 5.75 Å². The van der Waals surface area contributed by atoms with Gasteiger partial charge in [-0.05, 0) is 42.4 Å². The molecule has 0 aliphatic rings. The second kappa shape index (κ2) is 7.76. The van der Waals surface area contributed by atoms with Crippen LogP contribution in [0.3, 0.4) is 0 Å². The van der Waals surface area contributed by atoms with Gasteiger partial charge in [-0.1, -0.05) is 24.3 Å². The van der Waals surface area contributed by atoms with Crippen molar-refractivity contribution in [2.24, 2.45) is 0 Å². The van der Waals surface area contributed by atoms with Gasteiger partial charge in [-0.25, -0.2) is 4.39 Å². The lowest BCUT2D eigenvalue weighted by molar-refractivity contribution is 0.217. The summed E-state index contributed by atoms with van der Waals surface area (Å²) in [4.78, 5) is 2.05. The molecule has 21 heavy (non-hydrogen) atoms. The van der Waals surface area contributed by atoms with Crippen LogP contribution in [0.1, 0.15) is 11.1 Å². The molecular weight excluding hydrogens is 269 g/mol. The van der Waals surface area contributed by atoms with E-state index in [-0.39, 0.29) is 12.4 Å². The van der Waals surface area contributed by atoms with Crippen molar-refractivity contribution in [2.75, 3.05) is 20.2 Å². The molecule has 0 fully saturated rings. The number of halogens is 1. The number of aliphatic hydroxyl groups excluding tert-OH is 1. The van der Waals surface area contributed by atoms with E-state index in [4.69, 9.17) is 9.84 Å². The molecule has 0 radical (unpaired) electrons. The average molecular weight is 289 g/mol. The number of aliphatic hydroxyl groups is 1. The van der Waals surface area contributed by atoms with E-state index in [1.54, 1.807) is 12.1 Å². The van der Waals surface area contributed by atoms with E-state index >= 15 is 0 Å². The Morgan fingerprint density at radius 2 is 1.62 bits per heavy atom. The van der Waals surface area contributed by atoms with Crippen LogP contribution in [-0.4, -0.2) is 30.2 Å². The van der Waals surface area contributed by atoms with Crippen molar-refractivity contribution in [3.05, 3.63) is 65.5 Å². The first-order valence-electron chi connectivity index (χ1n) is 6.93. The van der Waals surface area contributed by atoms with E-state index in [2.05, 4.69) is 0 Å². The molecule has 4 heteroatoms. The fraction of sp³-hybridized carbons (Fsp3) is 0.294. The first-order valence-corrected chi connectivity index (χ1v) is 6.93. The molecule has 0 atom stereocenters. The van der Waals surface area contributed by atoms with Crippen molar-refractivity contribution in [2.45, 2.75) is 13.2 Å². The van der Waals surface area contributed by atoms with Gasteiger partial charge in [0.15, 0.2) is 0 Å². The van der Waals surface area contributed by atoms with Crippen LogP contribution in [0.25, 0.3) is 0 Å². The second-order valence-electron chi connectivity index (χ2n) is 5.02. The Labute approximate surface area is 124 Å². The van der Waals surface area contributed by atoms with Gasteiger partial charge < -0.3 is 9.84 Å². The third-order valence-electron chi connectivity index (χ3n) is 3.18. The van der Waals surface area contributed by atoms with Crippen LogP contribution in [0.4, 0.5) is 4.39 Å². The van der Waals surface area contributed by atoms with E-state index in [9.17, 15) is 4.39 Å². The van der Waals surface area contributed by atoms with E-state index < -0.39 is 0 Å². The molecule has 3 nitrogen and oxygen atoms in total. The standard InChI is InChI=1S/C17H20FNO2/c1-19(10-11-20)12-14-4-8-17(9-5-14)21-13-15-2-6-16(18)7-3-15/h2-9,20H,10-13H2,1H3. The molecule has 0 bridgehead atoms. The summed E-state index contributed by atoms with van der Waals surface area (Å²) in [5, 5.41) is 8.87. The van der Waals surface area contributed by atoms with E-state index in [0.717, 1.165) is 17.9 Å². The first kappa shape index (κ1) is 15.5. The predicted octanol–water partition coefficient (Wildman–Crippen LogP) is 2.83. The maximum atomic E-state index is 12.8. The maximum Gasteiger partial charge on any atom is 0.123 e. The summed E-state index contributed by atoms with van der Waals surface area (Å²) in [6, 6.07) is 14.2. The van der Waals surface area contributed by atoms with Gasteiger partial charge in [-0.15, -0.1) is 0 Å². The van der Waals surface area contributed by atoms with Crippen molar-refractivity contribution in [1.82, 2.24) is 4.90 Å². The van der Waals surface area contributed by atoms with Crippen LogP contribution in [0.15, 0.2) is 48.5 Å². The van der Waals surface area contributed by atoms with Gasteiger partial charge in [0.1, 0.15) is 18.2 Å². The van der Waals surface area contributed by atoms with Crippen LogP contribution < -0.4 is 4.74 Å². The molecule has 0 unspecified atom stereocenters. The van der Waals surface area contributed by atoms with Gasteiger partial charge >= 0.3 is 0 Å². The summed E-state index contributed by atoms with van der Waals surface area (Å²) in [6.45, 7) is 2.03. The smallest absolute Gasteiger partial charge is 0.123 e. The minimum absolute atomic E-state index is 0.162. The number of benzene rings is 2. The molecule has 0 aliphatic heterocycles. The Hall–Kier alpha value is -1.91. The second-order valence-corrected chi connectivity index (χ2v) is 5.02. The summed E-state index contributed by atoms with van der Waals surface area (Å²) < 4.78 is 18.5. The maximum absolute atomic E-state index is 12.8. The highest BCUT2D eigenvalue weighted by Crippen LogP contribution is 2.15. The lowest BCUT2D eigenvalue weighted by Crippen LogP contribution is -2.21. The molecule has 0 aliphatic carbocycles. The SMILES string of the molecule is CN(CCO)Cc1ccc(OCc2ccc(F)cc2)cc1. The molecule has 1 N–H and O–H groups in total. The molecule has 2 rings (SSSR count). The highest BCUT2D eigenvalue weighted by Gasteiger charge is 2.01. The summed E-state index contributed by atoms with van der Waals surface area (Å²) >= 11 is 0. The Balaban J connectivity index is 1.86. The third-order valence-corrected chi connectivity index (χ3v) is 3.18. The zero-order chi connectivity index (χ0) is 15.1. The molecule has 2 aromatic carbocycles. The zero-order valence-corrected chi connectivity index (χ0v) is 12.1. The molecule has 0 amide bonds. The van der Waals surface area contributed by atoms with Gasteiger partial charge in [0.25, 0.3) is 0 Å². The molecular formula is C17H20FNO2. The number of likely N-dealkylation sites (N-methyl/N-ethyl adjacent to an activating group) is 1. The van der Waals surface area contributed by atoms with Gasteiger partial charge in [-0.3, -0.25) is 4.90 Å². The summed E-state index contributed by atoms with van der Waals surface area (Å²) in [7, 11) is 1.97. The molecule has 0 saturated carbocycles. The van der Waals surface area contributed by atoms with Gasteiger partial charge in [0.2, 0.25) is 0 Å². The van der Waals surface area contributed by atoms with E-state index in [1.807, 2.05) is 36.2 Å². The molecule has 0 spiro atoms. The lowest BCUT2D eigenvalue weighted by atomic mass is 10.2. The fourth-order valence-corrected chi connectivity index (χ4v) is 2.00. The summed E-state index contributed by atoms with van der Waals surface area (Å²) in [5.41, 5.74) is 2.10. The Kier molecular flexibility index (Phi) is 5.72. The van der Waals surface area contributed by atoms with E-state index in [1.165, 1.54) is 17.7 Å². The number of nitrogens with zero attached hydrogens (tertiary/aromatic N) is 1. The number of ether oxygens (including phenoxy) is 1. The predicted molar refractivity (Wildman–Crippen MR) is 80.6 cm³/mol. The summed E-state index contributed by atoms with van der Waals surface area (Å²) in [6.07, 6.45) is 0. The van der Waals surface area contributed by atoms with Crippen molar-refractivity contribution in [3.63, 3.8) is 0 Å². The minimum Gasteiger partial charge on any atom is -0.489 e. The third kappa shape index (κ3) is 5.17. The van der Waals surface area contributed by atoms with Crippen LogP contribution in [-0.2, 0) is 13.2 Å². The number of rotatable bonds is 7. The highest BCUT2D eigenvalue weighted by atomic mass is 19.1. The Morgan fingerprint density at radius 3 is 2.24 bits per heavy atom. The molecule has 0 saturated heterocycles. The van der Waals surface area contributed by atoms with Crippen molar-refractivity contribution < 1.29 is 14.2 Å². The fourth-order valence-electron chi connectivity index (χ4n) is 2.00.